The molecule has 0 unspecified atom stereocenters. The normalized spacial score (nSPS) is 11.2. The molecule has 138 valence electrons. The van der Waals surface area contributed by atoms with E-state index in [1.165, 1.54) is 6.07 Å². The van der Waals surface area contributed by atoms with Crippen LogP contribution >= 0.6 is 11.6 Å². The van der Waals surface area contributed by atoms with Gasteiger partial charge in [0.1, 0.15) is 0 Å². The molecule has 0 spiro atoms. The van der Waals surface area contributed by atoms with Gasteiger partial charge in [0, 0.05) is 16.1 Å². The molecule has 2 rings (SSSR count). The van der Waals surface area contributed by atoms with Crippen LogP contribution in [-0.4, -0.2) is 47.2 Å². The van der Waals surface area contributed by atoms with Crippen molar-refractivity contribution >= 4 is 29.0 Å². The monoisotopic (exact) mass is 376 g/mol. The number of hydrogen-bond acceptors (Lipinski definition) is 5. The second-order valence-corrected chi connectivity index (χ2v) is 6.60. The van der Waals surface area contributed by atoms with Gasteiger partial charge in [-0.05, 0) is 25.1 Å². The Morgan fingerprint density at radius 1 is 1.08 bits per heavy atom. The summed E-state index contributed by atoms with van der Waals surface area (Å²) in [5.41, 5.74) is 0.130. The summed E-state index contributed by atoms with van der Waals surface area (Å²) in [5, 5.41) is 24.3. The van der Waals surface area contributed by atoms with Crippen molar-refractivity contribution in [2.75, 3.05) is 25.1 Å². The maximum atomic E-state index is 12.7. The number of rotatable bonds is 8. The van der Waals surface area contributed by atoms with E-state index in [-0.39, 0.29) is 31.1 Å². The number of amides is 1. The number of aliphatic hydroxyl groups is 2. The van der Waals surface area contributed by atoms with Crippen LogP contribution in [0.15, 0.2) is 48.5 Å². The lowest BCUT2D eigenvalue weighted by atomic mass is 10.0. The van der Waals surface area contributed by atoms with E-state index in [1.807, 2.05) is 6.07 Å². The molecule has 1 amide bonds. The van der Waals surface area contributed by atoms with Gasteiger partial charge in [0.2, 0.25) is 5.91 Å². The van der Waals surface area contributed by atoms with Crippen molar-refractivity contribution in [2.24, 2.45) is 0 Å². The Bertz CT molecular complexity index is 776. The smallest absolute Gasteiger partial charge is 0.238 e. The molecule has 2 aromatic carbocycles. The highest BCUT2D eigenvalue weighted by molar-refractivity contribution is 6.31. The first-order chi connectivity index (χ1) is 12.4. The number of nitrogens with one attached hydrogen (secondary N) is 2. The Balaban J connectivity index is 2.17. The molecule has 0 radical (unpaired) electrons. The predicted octanol–water partition coefficient (Wildman–Crippen LogP) is 1.84. The van der Waals surface area contributed by atoms with Gasteiger partial charge in [0.05, 0.1) is 31.0 Å². The lowest BCUT2D eigenvalue weighted by Crippen LogP contribution is -2.51. The molecule has 26 heavy (non-hydrogen) atoms. The van der Waals surface area contributed by atoms with Crippen LogP contribution < -0.4 is 10.6 Å². The summed E-state index contributed by atoms with van der Waals surface area (Å²) in [5.74, 6) is -0.672. The van der Waals surface area contributed by atoms with Crippen molar-refractivity contribution in [3.8, 4) is 0 Å². The van der Waals surface area contributed by atoms with Crippen molar-refractivity contribution < 1.29 is 19.8 Å². The van der Waals surface area contributed by atoms with Gasteiger partial charge in [0.25, 0.3) is 0 Å². The molecule has 0 atom stereocenters. The number of aliphatic hydroxyl groups excluding tert-OH is 2. The second kappa shape index (κ2) is 8.91. The van der Waals surface area contributed by atoms with Crippen LogP contribution in [0.4, 0.5) is 5.69 Å². The predicted molar refractivity (Wildman–Crippen MR) is 101 cm³/mol. The van der Waals surface area contributed by atoms with Gasteiger partial charge in [-0.2, -0.15) is 0 Å². The van der Waals surface area contributed by atoms with E-state index in [1.54, 1.807) is 43.3 Å². The van der Waals surface area contributed by atoms with E-state index >= 15 is 0 Å². The molecule has 0 bridgehead atoms. The number of anilines is 1. The van der Waals surface area contributed by atoms with E-state index in [4.69, 9.17) is 11.6 Å². The third-order valence-corrected chi connectivity index (χ3v) is 4.15. The molecule has 0 saturated carbocycles. The third-order valence-electron chi connectivity index (χ3n) is 3.91. The van der Waals surface area contributed by atoms with Gasteiger partial charge in [-0.15, -0.1) is 0 Å². The fourth-order valence-corrected chi connectivity index (χ4v) is 2.38. The number of ketones is 1. The van der Waals surface area contributed by atoms with E-state index in [0.717, 1.165) is 0 Å². The zero-order valence-corrected chi connectivity index (χ0v) is 15.1. The van der Waals surface area contributed by atoms with Crippen LogP contribution in [0.25, 0.3) is 0 Å². The SMILES string of the molecule is CC(CO)(CO)NCC(=O)Nc1ccc(Cl)cc1C(=O)c1ccccc1. The van der Waals surface area contributed by atoms with Crippen LogP contribution in [-0.2, 0) is 4.79 Å². The Kier molecular flexibility index (Phi) is 6.88. The van der Waals surface area contributed by atoms with Crippen molar-refractivity contribution in [1.82, 2.24) is 5.32 Å². The fourth-order valence-electron chi connectivity index (χ4n) is 2.21. The molecule has 0 heterocycles. The average molecular weight is 377 g/mol. The molecular weight excluding hydrogens is 356 g/mol. The lowest BCUT2D eigenvalue weighted by molar-refractivity contribution is -0.115. The van der Waals surface area contributed by atoms with Gasteiger partial charge < -0.3 is 15.5 Å². The van der Waals surface area contributed by atoms with Crippen LogP contribution in [0.3, 0.4) is 0 Å². The van der Waals surface area contributed by atoms with Gasteiger partial charge in [-0.25, -0.2) is 0 Å². The highest BCUT2D eigenvalue weighted by Gasteiger charge is 2.23. The summed E-state index contributed by atoms with van der Waals surface area (Å²) in [7, 11) is 0. The molecule has 0 aliphatic heterocycles. The zero-order chi connectivity index (χ0) is 19.2. The summed E-state index contributed by atoms with van der Waals surface area (Å²) >= 11 is 6.01. The minimum absolute atomic E-state index is 0.140. The summed E-state index contributed by atoms with van der Waals surface area (Å²) in [6, 6.07) is 13.3. The second-order valence-electron chi connectivity index (χ2n) is 6.16. The highest BCUT2D eigenvalue weighted by atomic mass is 35.5. The van der Waals surface area contributed by atoms with Gasteiger partial charge in [-0.3, -0.25) is 14.9 Å². The largest absolute Gasteiger partial charge is 0.394 e. The Morgan fingerprint density at radius 3 is 2.35 bits per heavy atom. The Morgan fingerprint density at radius 2 is 1.73 bits per heavy atom. The Hall–Kier alpha value is -2.25. The van der Waals surface area contributed by atoms with Gasteiger partial charge in [-0.1, -0.05) is 41.9 Å². The summed E-state index contributed by atoms with van der Waals surface area (Å²) < 4.78 is 0. The first-order valence-corrected chi connectivity index (χ1v) is 8.42. The van der Waals surface area contributed by atoms with Crippen molar-refractivity contribution in [3.63, 3.8) is 0 Å². The molecule has 2 aromatic rings. The molecule has 7 heteroatoms. The number of halogens is 1. The first-order valence-electron chi connectivity index (χ1n) is 8.04. The van der Waals surface area contributed by atoms with Crippen molar-refractivity contribution in [3.05, 3.63) is 64.7 Å². The van der Waals surface area contributed by atoms with Crippen LogP contribution in [0.5, 0.6) is 0 Å². The van der Waals surface area contributed by atoms with Gasteiger partial charge in [0.15, 0.2) is 5.78 Å². The summed E-state index contributed by atoms with van der Waals surface area (Å²) in [4.78, 5) is 24.9. The van der Waals surface area contributed by atoms with E-state index in [9.17, 15) is 19.8 Å². The fraction of sp³-hybridized carbons (Fsp3) is 0.263. The molecule has 6 nitrogen and oxygen atoms in total. The number of hydrogen-bond donors (Lipinski definition) is 4. The number of carbonyl (C=O) groups is 2. The van der Waals surface area contributed by atoms with Crippen LogP contribution in [0, 0.1) is 0 Å². The lowest BCUT2D eigenvalue weighted by Gasteiger charge is -2.26. The molecule has 0 aromatic heterocycles. The maximum Gasteiger partial charge on any atom is 0.238 e. The molecule has 0 aliphatic rings. The summed E-state index contributed by atoms with van der Waals surface area (Å²) in [6.07, 6.45) is 0. The first kappa shape index (κ1) is 20.1. The van der Waals surface area contributed by atoms with E-state index in [0.29, 0.717) is 16.3 Å². The van der Waals surface area contributed by atoms with Gasteiger partial charge >= 0.3 is 0 Å². The topological polar surface area (TPSA) is 98.7 Å². The van der Waals surface area contributed by atoms with Crippen molar-refractivity contribution in [2.45, 2.75) is 12.5 Å². The average Bonchev–Trinajstić information content (AvgIpc) is 2.67. The minimum atomic E-state index is -0.972. The number of benzene rings is 2. The minimum Gasteiger partial charge on any atom is -0.394 e. The van der Waals surface area contributed by atoms with Crippen molar-refractivity contribution in [1.29, 1.82) is 0 Å². The quantitative estimate of drug-likeness (QED) is 0.527. The number of carbonyl (C=O) groups excluding carboxylic acids is 2. The highest BCUT2D eigenvalue weighted by Crippen LogP contribution is 2.23. The Labute approximate surface area is 156 Å². The molecule has 4 N–H and O–H groups in total. The van der Waals surface area contributed by atoms with Crippen LogP contribution in [0.1, 0.15) is 22.8 Å². The zero-order valence-electron chi connectivity index (χ0n) is 14.3. The standard InChI is InChI=1S/C19H21ClN2O4/c1-19(11-23,12-24)21-10-17(25)22-16-8-7-14(20)9-15(16)18(26)13-5-3-2-4-6-13/h2-9,21,23-24H,10-12H2,1H3,(H,22,25). The van der Waals surface area contributed by atoms with Crippen LogP contribution in [0.2, 0.25) is 5.02 Å². The molecule has 0 aliphatic carbocycles. The molecular formula is C19H21ClN2O4. The van der Waals surface area contributed by atoms with E-state index in [2.05, 4.69) is 10.6 Å². The summed E-state index contributed by atoms with van der Waals surface area (Å²) in [6.45, 7) is 0.803. The maximum absolute atomic E-state index is 12.7. The van der Waals surface area contributed by atoms with E-state index < -0.39 is 11.4 Å². The molecule has 0 fully saturated rings. The molecule has 0 saturated heterocycles. The third kappa shape index (κ3) is 5.12.